The van der Waals surface area contributed by atoms with Gasteiger partial charge in [0, 0.05) is 16.7 Å². The van der Waals surface area contributed by atoms with Crippen LogP contribution in [0.5, 0.6) is 5.75 Å². The Labute approximate surface area is 186 Å². The molecule has 0 amide bonds. The van der Waals surface area contributed by atoms with Crippen LogP contribution in [0.3, 0.4) is 0 Å². The summed E-state index contributed by atoms with van der Waals surface area (Å²) >= 11 is 0. The molecule has 4 aromatic carbocycles. The van der Waals surface area contributed by atoms with E-state index < -0.39 is 11.6 Å². The van der Waals surface area contributed by atoms with Gasteiger partial charge in [-0.15, -0.1) is 0 Å². The summed E-state index contributed by atoms with van der Waals surface area (Å²) < 4.78 is 49.3. The smallest absolute Gasteiger partial charge is 0.167 e. The largest absolute Gasteiger partial charge is 0.489 e. The maximum atomic E-state index is 14.6. The van der Waals surface area contributed by atoms with Gasteiger partial charge in [0.2, 0.25) is 0 Å². The van der Waals surface area contributed by atoms with Crippen LogP contribution in [0.15, 0.2) is 78.9 Å². The lowest BCUT2D eigenvalue weighted by Gasteiger charge is -2.11. The van der Waals surface area contributed by atoms with Crippen molar-refractivity contribution >= 4 is 0 Å². The molecule has 0 heterocycles. The van der Waals surface area contributed by atoms with Crippen LogP contribution in [0.25, 0.3) is 22.3 Å². The Hall–Kier alpha value is -3.53. The number of benzene rings is 4. The van der Waals surface area contributed by atoms with E-state index in [4.69, 9.17) is 4.74 Å². The zero-order chi connectivity index (χ0) is 22.7. The summed E-state index contributed by atoms with van der Waals surface area (Å²) in [4.78, 5) is 0. The zero-order valence-corrected chi connectivity index (χ0v) is 18.0. The van der Waals surface area contributed by atoms with Gasteiger partial charge in [-0.25, -0.2) is 13.2 Å². The molecule has 0 saturated carbocycles. The molecular formula is C28H23F3O. The maximum Gasteiger partial charge on any atom is 0.167 e. The molecule has 0 N–H and O–H groups in total. The predicted octanol–water partition coefficient (Wildman–Crippen LogP) is 7.89. The molecule has 4 rings (SSSR count). The summed E-state index contributed by atoms with van der Waals surface area (Å²) in [6.07, 6.45) is 0.771. The van der Waals surface area contributed by atoms with Crippen LogP contribution < -0.4 is 4.74 Å². The standard InChI is InChI=1S/C28H23F3O/c1-3-19-6-14-24(26(29)16-19)20-9-12-23(13-10-20)32-17-22-11-15-25(28(31)27(22)30)21-7-4-18(2)5-8-21/h4-16H,3,17H2,1-2H3. The lowest BCUT2D eigenvalue weighted by Crippen LogP contribution is -2.02. The van der Waals surface area contributed by atoms with Crippen molar-refractivity contribution in [3.63, 3.8) is 0 Å². The summed E-state index contributed by atoms with van der Waals surface area (Å²) in [5, 5.41) is 0. The maximum absolute atomic E-state index is 14.6. The minimum atomic E-state index is -0.919. The van der Waals surface area contributed by atoms with Crippen LogP contribution in [0.1, 0.15) is 23.6 Å². The molecule has 0 bridgehead atoms. The second-order valence-electron chi connectivity index (χ2n) is 7.75. The molecule has 0 fully saturated rings. The first-order valence-electron chi connectivity index (χ1n) is 10.5. The minimum Gasteiger partial charge on any atom is -0.489 e. The van der Waals surface area contributed by atoms with Gasteiger partial charge >= 0.3 is 0 Å². The summed E-state index contributed by atoms with van der Waals surface area (Å²) in [6.45, 7) is 3.80. The van der Waals surface area contributed by atoms with Crippen LogP contribution in [0.4, 0.5) is 13.2 Å². The minimum absolute atomic E-state index is 0.115. The number of hydrogen-bond donors (Lipinski definition) is 0. The highest BCUT2D eigenvalue weighted by Crippen LogP contribution is 2.29. The Bertz CT molecular complexity index is 1230. The molecule has 4 heteroatoms. The van der Waals surface area contributed by atoms with Gasteiger partial charge < -0.3 is 4.74 Å². The topological polar surface area (TPSA) is 9.23 Å². The van der Waals surface area contributed by atoms with Gasteiger partial charge in [0.1, 0.15) is 18.2 Å². The average Bonchev–Trinajstić information content (AvgIpc) is 2.81. The first-order chi connectivity index (χ1) is 15.5. The lowest BCUT2D eigenvalue weighted by atomic mass is 10.0. The SMILES string of the molecule is CCc1ccc(-c2ccc(OCc3ccc(-c4ccc(C)cc4)c(F)c3F)cc2)c(F)c1. The second-order valence-corrected chi connectivity index (χ2v) is 7.75. The van der Waals surface area contributed by atoms with Gasteiger partial charge in [0.15, 0.2) is 11.6 Å². The Morgan fingerprint density at radius 3 is 1.97 bits per heavy atom. The molecule has 0 aliphatic carbocycles. The highest BCUT2D eigenvalue weighted by atomic mass is 19.2. The van der Waals surface area contributed by atoms with E-state index in [0.29, 0.717) is 16.9 Å². The summed E-state index contributed by atoms with van der Waals surface area (Å²) in [5.41, 5.74) is 4.18. The van der Waals surface area contributed by atoms with Crippen molar-refractivity contribution in [3.05, 3.63) is 113 Å². The molecule has 0 aromatic heterocycles. The van der Waals surface area contributed by atoms with E-state index in [2.05, 4.69) is 0 Å². The van der Waals surface area contributed by atoms with Crippen molar-refractivity contribution in [2.75, 3.05) is 0 Å². The molecule has 0 unspecified atom stereocenters. The number of hydrogen-bond acceptors (Lipinski definition) is 1. The van der Waals surface area contributed by atoms with Crippen LogP contribution in [0, 0.1) is 24.4 Å². The van der Waals surface area contributed by atoms with Crippen LogP contribution in [-0.4, -0.2) is 0 Å². The van der Waals surface area contributed by atoms with Crippen LogP contribution >= 0.6 is 0 Å². The number of rotatable bonds is 6. The molecule has 4 aromatic rings. The van der Waals surface area contributed by atoms with E-state index in [-0.39, 0.29) is 23.6 Å². The fraction of sp³-hybridized carbons (Fsp3) is 0.143. The Morgan fingerprint density at radius 1 is 0.688 bits per heavy atom. The Balaban J connectivity index is 1.48. The molecule has 0 aliphatic heterocycles. The fourth-order valence-corrected chi connectivity index (χ4v) is 3.56. The summed E-state index contributed by atoms with van der Waals surface area (Å²) in [5.74, 6) is -1.60. The number of aryl methyl sites for hydroxylation is 2. The highest BCUT2D eigenvalue weighted by molar-refractivity contribution is 5.66. The van der Waals surface area contributed by atoms with Crippen molar-refractivity contribution in [3.8, 4) is 28.0 Å². The molecule has 162 valence electrons. The average molecular weight is 432 g/mol. The monoisotopic (exact) mass is 432 g/mol. The van der Waals surface area contributed by atoms with Crippen molar-refractivity contribution in [2.45, 2.75) is 26.9 Å². The van der Waals surface area contributed by atoms with E-state index in [9.17, 15) is 13.2 Å². The molecule has 0 spiro atoms. The third kappa shape index (κ3) is 4.54. The molecule has 1 nitrogen and oxygen atoms in total. The molecule has 0 aliphatic rings. The van der Waals surface area contributed by atoms with Gasteiger partial charge in [0.25, 0.3) is 0 Å². The molecule has 0 atom stereocenters. The van der Waals surface area contributed by atoms with Crippen molar-refractivity contribution in [2.24, 2.45) is 0 Å². The van der Waals surface area contributed by atoms with E-state index in [1.165, 1.54) is 12.1 Å². The van der Waals surface area contributed by atoms with Gasteiger partial charge in [-0.05, 0) is 48.2 Å². The first-order valence-corrected chi connectivity index (χ1v) is 10.5. The highest BCUT2D eigenvalue weighted by Gasteiger charge is 2.15. The number of halogens is 3. The summed E-state index contributed by atoms with van der Waals surface area (Å²) in [6, 6.07) is 22.4. The van der Waals surface area contributed by atoms with Crippen molar-refractivity contribution in [1.82, 2.24) is 0 Å². The predicted molar refractivity (Wildman–Crippen MR) is 122 cm³/mol. The van der Waals surface area contributed by atoms with E-state index in [0.717, 1.165) is 23.1 Å². The van der Waals surface area contributed by atoms with Gasteiger partial charge in [-0.1, -0.05) is 73.2 Å². The Kier molecular flexibility index (Phi) is 6.31. The van der Waals surface area contributed by atoms with E-state index >= 15 is 0 Å². The van der Waals surface area contributed by atoms with Crippen LogP contribution in [-0.2, 0) is 13.0 Å². The third-order valence-corrected chi connectivity index (χ3v) is 5.53. The third-order valence-electron chi connectivity index (χ3n) is 5.53. The Morgan fingerprint density at radius 2 is 1.31 bits per heavy atom. The zero-order valence-electron chi connectivity index (χ0n) is 18.0. The second kappa shape index (κ2) is 9.31. The normalized spacial score (nSPS) is 10.9. The quantitative estimate of drug-likeness (QED) is 0.301. The molecule has 0 saturated heterocycles. The summed E-state index contributed by atoms with van der Waals surface area (Å²) in [7, 11) is 0. The van der Waals surface area contributed by atoms with Crippen LogP contribution in [0.2, 0.25) is 0 Å². The molecule has 32 heavy (non-hydrogen) atoms. The lowest BCUT2D eigenvalue weighted by molar-refractivity contribution is 0.297. The van der Waals surface area contributed by atoms with Gasteiger partial charge in [-0.3, -0.25) is 0 Å². The van der Waals surface area contributed by atoms with E-state index in [1.54, 1.807) is 48.5 Å². The van der Waals surface area contributed by atoms with E-state index in [1.807, 2.05) is 32.0 Å². The fourth-order valence-electron chi connectivity index (χ4n) is 3.56. The molecule has 0 radical (unpaired) electrons. The van der Waals surface area contributed by atoms with Gasteiger partial charge in [-0.2, -0.15) is 0 Å². The van der Waals surface area contributed by atoms with Gasteiger partial charge in [0.05, 0.1) is 0 Å². The van der Waals surface area contributed by atoms with Crippen molar-refractivity contribution in [1.29, 1.82) is 0 Å². The molecular weight excluding hydrogens is 409 g/mol. The first kappa shape index (κ1) is 21.7. The van der Waals surface area contributed by atoms with Crippen molar-refractivity contribution < 1.29 is 17.9 Å². The number of ether oxygens (including phenoxy) is 1.